The lowest BCUT2D eigenvalue weighted by molar-refractivity contribution is -0.156. The highest BCUT2D eigenvalue weighted by Gasteiger charge is 2.39. The second-order valence-corrected chi connectivity index (χ2v) is 21.7. The van der Waals surface area contributed by atoms with E-state index in [4.69, 9.17) is 19.2 Å². The highest BCUT2D eigenvalue weighted by Crippen LogP contribution is 2.42. The van der Waals surface area contributed by atoms with Crippen molar-refractivity contribution in [3.8, 4) is 23.1 Å². The Morgan fingerprint density at radius 1 is 1.06 bits per heavy atom. The fourth-order valence-corrected chi connectivity index (χ4v) is 9.99. The molecule has 3 amide bonds. The summed E-state index contributed by atoms with van der Waals surface area (Å²) in [6.07, 6.45) is 4.63. The van der Waals surface area contributed by atoms with Gasteiger partial charge in [0.25, 0.3) is 11.8 Å². The molecule has 376 valence electrons. The first kappa shape index (κ1) is 51.8. The summed E-state index contributed by atoms with van der Waals surface area (Å²) in [7, 11) is 3.88. The van der Waals surface area contributed by atoms with Gasteiger partial charge < -0.3 is 33.9 Å². The number of nitrogens with zero attached hydrogens (tertiary/aromatic N) is 6. The lowest BCUT2D eigenvalue weighted by Gasteiger charge is -2.39. The molecule has 0 radical (unpaired) electrons. The van der Waals surface area contributed by atoms with E-state index in [9.17, 15) is 19.2 Å². The van der Waals surface area contributed by atoms with Gasteiger partial charge in [-0.25, -0.2) is 5.43 Å². The molecular formula is C54H78N8O7. The third-order valence-electron chi connectivity index (χ3n) is 14.7. The molecule has 15 heteroatoms. The average molecular weight is 951 g/mol. The highest BCUT2D eigenvalue weighted by molar-refractivity contribution is 5.95. The maximum Gasteiger partial charge on any atom is 0.324 e. The van der Waals surface area contributed by atoms with E-state index in [1.54, 1.807) is 4.90 Å². The van der Waals surface area contributed by atoms with Gasteiger partial charge in [0.2, 0.25) is 5.91 Å². The summed E-state index contributed by atoms with van der Waals surface area (Å²) >= 11 is 0. The van der Waals surface area contributed by atoms with Gasteiger partial charge in [0.1, 0.15) is 12.1 Å². The standard InChI is InChI=1S/C54H78N8O7/c1-12-61-46-18-17-37-29-41(46)42(49(61)40-15-13-23-55-48(40)36(4)5)31-53(6,7)34-69-52(66)44-16-14-24-62(57-44)51(65)45(30-39-32-60(37)27-28-67-39)56-50(64)43(35(2)3)33-68-38-20-25-59(26-21-38)47(63)19-22-54(8,9)58(10)11/h13,15,17-18,23,29,35-36,38-39,43-45,57H,12,14,16,20-21,24-28,30-34H2,1-11H3,(H,56,64)/t39-,43-,44-,45-/m0/s1. The van der Waals surface area contributed by atoms with E-state index < -0.39 is 34.9 Å². The van der Waals surface area contributed by atoms with Crippen molar-refractivity contribution in [2.24, 2.45) is 17.3 Å². The van der Waals surface area contributed by atoms with Crippen LogP contribution in [0.5, 0.6) is 0 Å². The molecule has 6 heterocycles. The number of likely N-dealkylation sites (tertiary alicyclic amines) is 1. The van der Waals surface area contributed by atoms with Gasteiger partial charge in [0.15, 0.2) is 0 Å². The Hall–Kier alpha value is -5.01. The number of fused-ring (bicyclic) bond motifs is 6. The minimum atomic E-state index is -0.943. The molecule has 1 aromatic carbocycles. The largest absolute Gasteiger partial charge is 0.464 e. The number of piperidine rings is 1. The van der Waals surface area contributed by atoms with Gasteiger partial charge in [-0.3, -0.25) is 34.1 Å². The number of aromatic nitrogens is 2. The van der Waals surface area contributed by atoms with E-state index in [0.717, 1.165) is 40.1 Å². The Labute approximate surface area is 410 Å². The Kier molecular flexibility index (Phi) is 16.5. The number of esters is 1. The first-order valence-corrected chi connectivity index (χ1v) is 25.4. The zero-order valence-electron chi connectivity index (χ0n) is 43.2. The van der Waals surface area contributed by atoms with Crippen LogP contribution in [0.25, 0.3) is 22.2 Å². The number of carbonyl (C=O) groups excluding carboxylic acids is 4. The van der Waals surface area contributed by atoms with Gasteiger partial charge in [0.05, 0.1) is 54.9 Å². The number of amides is 3. The van der Waals surface area contributed by atoms with Gasteiger partial charge >= 0.3 is 5.97 Å². The Bertz CT molecular complexity index is 2390. The monoisotopic (exact) mass is 951 g/mol. The molecular weight excluding hydrogens is 873 g/mol. The lowest BCUT2D eigenvalue weighted by Crippen LogP contribution is -2.61. The van der Waals surface area contributed by atoms with Crippen molar-refractivity contribution in [3.63, 3.8) is 0 Å². The molecule has 3 aromatic rings. The van der Waals surface area contributed by atoms with Crippen molar-refractivity contribution in [1.82, 2.24) is 35.1 Å². The number of benzene rings is 1. The molecule has 0 spiro atoms. The first-order chi connectivity index (χ1) is 32.8. The first-order valence-electron chi connectivity index (χ1n) is 25.4. The van der Waals surface area contributed by atoms with Crippen LogP contribution in [-0.4, -0.2) is 145 Å². The van der Waals surface area contributed by atoms with Crippen LogP contribution in [0.2, 0.25) is 0 Å². The molecule has 4 atom stereocenters. The Morgan fingerprint density at radius 3 is 2.51 bits per heavy atom. The maximum absolute atomic E-state index is 14.7. The zero-order valence-corrected chi connectivity index (χ0v) is 43.2. The van der Waals surface area contributed by atoms with Gasteiger partial charge in [-0.15, -0.1) is 0 Å². The summed E-state index contributed by atoms with van der Waals surface area (Å²) in [5, 5.41) is 5.80. The molecule has 0 aliphatic carbocycles. The number of aryl methyl sites for hydroxylation is 1. The predicted molar refractivity (Wildman–Crippen MR) is 269 cm³/mol. The van der Waals surface area contributed by atoms with E-state index in [1.807, 2.05) is 59.0 Å². The maximum atomic E-state index is 14.7. The minimum absolute atomic E-state index is 0.0905. The number of morpholine rings is 1. The van der Waals surface area contributed by atoms with Crippen molar-refractivity contribution < 1.29 is 33.4 Å². The van der Waals surface area contributed by atoms with E-state index in [2.05, 4.69) is 90.9 Å². The van der Waals surface area contributed by atoms with Crippen molar-refractivity contribution in [2.75, 3.05) is 71.5 Å². The van der Waals surface area contributed by atoms with Crippen molar-refractivity contribution >= 4 is 40.3 Å². The summed E-state index contributed by atoms with van der Waals surface area (Å²) in [6.45, 7) is 22.9. The molecule has 0 saturated carbocycles. The van der Waals surface area contributed by atoms with Crippen LogP contribution in [0.4, 0.5) is 5.69 Å². The normalized spacial score (nSPS) is 22.3. The van der Waals surface area contributed by atoms with Crippen molar-refractivity contribution in [1.29, 1.82) is 0 Å². The van der Waals surface area contributed by atoms with Crippen LogP contribution >= 0.6 is 0 Å². The molecule has 6 bridgehead atoms. The van der Waals surface area contributed by atoms with E-state index in [1.165, 1.54) is 10.6 Å². The number of hydrogen-bond acceptors (Lipinski definition) is 11. The molecule has 69 heavy (non-hydrogen) atoms. The number of nitrogens with one attached hydrogen (secondary N) is 2. The van der Waals surface area contributed by atoms with Gasteiger partial charge in [-0.05, 0) is 121 Å². The predicted octanol–water partition coefficient (Wildman–Crippen LogP) is 6.17. The van der Waals surface area contributed by atoms with Crippen LogP contribution in [0.1, 0.15) is 112 Å². The second kappa shape index (κ2) is 22.0. The lowest BCUT2D eigenvalue weighted by atomic mass is 9.84. The van der Waals surface area contributed by atoms with Gasteiger partial charge in [-0.1, -0.05) is 47.5 Å². The number of ether oxygens (including phenoxy) is 3. The number of hydrogen-bond donors (Lipinski definition) is 2. The Morgan fingerprint density at radius 2 is 1.81 bits per heavy atom. The number of rotatable bonds is 10. The fraction of sp³-hybridized carbons (Fsp3) is 0.648. The summed E-state index contributed by atoms with van der Waals surface area (Å²) in [5.41, 5.74) is 9.01. The molecule has 7 rings (SSSR count). The van der Waals surface area contributed by atoms with Crippen LogP contribution in [0, 0.1) is 29.1 Å². The second-order valence-electron chi connectivity index (χ2n) is 21.7. The smallest absolute Gasteiger partial charge is 0.324 e. The summed E-state index contributed by atoms with van der Waals surface area (Å²) in [6, 6.07) is 9.21. The minimum Gasteiger partial charge on any atom is -0.464 e. The van der Waals surface area contributed by atoms with E-state index >= 15 is 0 Å². The zero-order chi connectivity index (χ0) is 49.8. The molecule has 15 nitrogen and oxygen atoms in total. The summed E-state index contributed by atoms with van der Waals surface area (Å²) in [4.78, 5) is 67.0. The quantitative estimate of drug-likeness (QED) is 0.178. The molecule has 0 unspecified atom stereocenters. The third kappa shape index (κ3) is 12.1. The topological polar surface area (TPSA) is 151 Å². The van der Waals surface area contributed by atoms with Gasteiger partial charge in [0, 0.05) is 79.5 Å². The van der Waals surface area contributed by atoms with Crippen LogP contribution in [0.15, 0.2) is 36.5 Å². The summed E-state index contributed by atoms with van der Waals surface area (Å²) in [5.74, 6) is 4.30. The molecule has 2 aromatic heterocycles. The number of pyridine rings is 1. The van der Waals surface area contributed by atoms with Crippen LogP contribution < -0.4 is 15.6 Å². The van der Waals surface area contributed by atoms with Crippen molar-refractivity contribution in [3.05, 3.63) is 47.8 Å². The van der Waals surface area contributed by atoms with E-state index in [-0.39, 0.29) is 61.4 Å². The third-order valence-corrected chi connectivity index (χ3v) is 14.7. The number of anilines is 1. The number of hydrazine groups is 1. The molecule has 4 aliphatic heterocycles. The van der Waals surface area contributed by atoms with E-state index in [0.29, 0.717) is 71.4 Å². The van der Waals surface area contributed by atoms with Gasteiger partial charge in [-0.2, -0.15) is 0 Å². The molecule has 3 fully saturated rings. The summed E-state index contributed by atoms with van der Waals surface area (Å²) < 4.78 is 21.4. The average Bonchev–Trinajstić information content (AvgIpc) is 3.63. The van der Waals surface area contributed by atoms with Crippen LogP contribution in [-0.2, 0) is 46.4 Å². The highest BCUT2D eigenvalue weighted by atomic mass is 16.5. The number of carbonyl (C=O) groups is 4. The Balaban J connectivity index is 1.14. The fourth-order valence-electron chi connectivity index (χ4n) is 9.99. The van der Waals surface area contributed by atoms with Crippen LogP contribution in [0.3, 0.4) is 0 Å². The molecule has 4 aliphatic rings. The van der Waals surface area contributed by atoms with Crippen molar-refractivity contribution in [2.45, 2.75) is 143 Å². The molecule has 3 saturated heterocycles. The number of cyclic esters (lactones) is 1. The SMILES string of the molecule is CCn1c(-c2cccnc2C(C)C)c2c3cc(ccc31)N1CCO[C@@H](C[C@H](NC(=O)[C@@H](COC3CCN(C(=O)C#CC(C)(C)N(C)C)CC3)C(C)C)C(=O)N3CCC[C@H](N3)C(=O)OCC(C)(C)C2)C1. The molecule has 2 N–H and O–H groups in total.